The number of benzene rings is 2. The highest BCUT2D eigenvalue weighted by Gasteiger charge is 2.30. The highest BCUT2D eigenvalue weighted by molar-refractivity contribution is 6.04. The lowest BCUT2D eigenvalue weighted by atomic mass is 9.99. The number of aromatic nitrogens is 2. The van der Waals surface area contributed by atoms with Crippen molar-refractivity contribution in [3.63, 3.8) is 0 Å². The average Bonchev–Trinajstić information content (AvgIpc) is 2.84. The van der Waals surface area contributed by atoms with Crippen molar-refractivity contribution in [2.24, 2.45) is 0 Å². The highest BCUT2D eigenvalue weighted by atomic mass is 16.5. The molecular weight excluding hydrogens is 416 g/mol. The van der Waals surface area contributed by atoms with Gasteiger partial charge in [0, 0.05) is 18.4 Å². The van der Waals surface area contributed by atoms with Gasteiger partial charge in [-0.3, -0.25) is 9.59 Å². The first-order valence-electron chi connectivity index (χ1n) is 11.2. The molecule has 4 rings (SSSR count). The van der Waals surface area contributed by atoms with Crippen LogP contribution in [0.5, 0.6) is 5.75 Å². The fourth-order valence-corrected chi connectivity index (χ4v) is 4.15. The highest BCUT2D eigenvalue weighted by Crippen LogP contribution is 2.30. The molecule has 2 heterocycles. The van der Waals surface area contributed by atoms with Gasteiger partial charge in [0.05, 0.1) is 30.8 Å². The van der Waals surface area contributed by atoms with E-state index in [9.17, 15) is 9.59 Å². The predicted molar refractivity (Wildman–Crippen MR) is 126 cm³/mol. The molecule has 7 heteroatoms. The summed E-state index contributed by atoms with van der Waals surface area (Å²) >= 11 is 0. The van der Waals surface area contributed by atoms with Crippen LogP contribution in [-0.2, 0) is 11.2 Å². The smallest absolute Gasteiger partial charge is 0.259 e. The minimum absolute atomic E-state index is 0.0418. The van der Waals surface area contributed by atoms with Gasteiger partial charge in [0.15, 0.2) is 5.82 Å². The number of para-hydroxylation sites is 1. The fourth-order valence-electron chi connectivity index (χ4n) is 4.15. The summed E-state index contributed by atoms with van der Waals surface area (Å²) in [6.45, 7) is 2.47. The van der Waals surface area contributed by atoms with Crippen LogP contribution in [0.25, 0.3) is 0 Å². The van der Waals surface area contributed by atoms with E-state index < -0.39 is 0 Å². The van der Waals surface area contributed by atoms with Crippen LogP contribution >= 0.6 is 0 Å². The van der Waals surface area contributed by atoms with Crippen LogP contribution < -0.4 is 10.1 Å². The zero-order chi connectivity index (χ0) is 23.2. The Bertz CT molecular complexity index is 1130. The van der Waals surface area contributed by atoms with Gasteiger partial charge in [-0.15, -0.1) is 0 Å². The Balaban J connectivity index is 1.50. The number of rotatable bonds is 6. The molecule has 2 aromatic carbocycles. The van der Waals surface area contributed by atoms with Gasteiger partial charge >= 0.3 is 0 Å². The predicted octanol–water partition coefficient (Wildman–Crippen LogP) is 4.34. The van der Waals surface area contributed by atoms with Crippen molar-refractivity contribution in [1.29, 1.82) is 0 Å². The quantitative estimate of drug-likeness (QED) is 0.611. The van der Waals surface area contributed by atoms with E-state index in [2.05, 4.69) is 15.3 Å². The van der Waals surface area contributed by atoms with Gasteiger partial charge in [0.25, 0.3) is 5.91 Å². The van der Waals surface area contributed by atoms with E-state index in [1.165, 1.54) is 0 Å². The van der Waals surface area contributed by atoms with Crippen molar-refractivity contribution in [2.45, 2.75) is 38.6 Å². The maximum absolute atomic E-state index is 13.2. The summed E-state index contributed by atoms with van der Waals surface area (Å²) in [4.78, 5) is 36.9. The molecule has 1 fully saturated rings. The average molecular weight is 445 g/mol. The number of hydrogen-bond donors (Lipinski definition) is 1. The molecule has 1 atom stereocenters. The molecule has 0 aliphatic carbocycles. The van der Waals surface area contributed by atoms with E-state index in [1.807, 2.05) is 59.5 Å². The SMILES string of the molecule is COc1cccc(CC(=O)N2CCCCC2c2ncc(C(=O)Nc3ccccc3)c(C)n2)c1. The number of carbonyl (C=O) groups is 2. The largest absolute Gasteiger partial charge is 0.497 e. The van der Waals surface area contributed by atoms with E-state index in [-0.39, 0.29) is 17.9 Å². The molecule has 1 aliphatic rings. The van der Waals surface area contributed by atoms with Crippen molar-refractivity contribution < 1.29 is 14.3 Å². The van der Waals surface area contributed by atoms with Crippen molar-refractivity contribution in [3.8, 4) is 5.75 Å². The van der Waals surface area contributed by atoms with E-state index in [0.717, 1.165) is 30.6 Å². The van der Waals surface area contributed by atoms with Crippen LogP contribution in [0.15, 0.2) is 60.8 Å². The zero-order valence-electron chi connectivity index (χ0n) is 19.0. The molecule has 170 valence electrons. The van der Waals surface area contributed by atoms with Gasteiger partial charge < -0.3 is 15.0 Å². The van der Waals surface area contributed by atoms with E-state index in [1.54, 1.807) is 20.2 Å². The molecule has 1 unspecified atom stereocenters. The van der Waals surface area contributed by atoms with Crippen molar-refractivity contribution >= 4 is 17.5 Å². The number of likely N-dealkylation sites (tertiary alicyclic amines) is 1. The summed E-state index contributed by atoms with van der Waals surface area (Å²) in [5.74, 6) is 1.11. The lowest BCUT2D eigenvalue weighted by molar-refractivity contribution is -0.134. The Morgan fingerprint density at radius 1 is 1.12 bits per heavy atom. The Morgan fingerprint density at radius 2 is 1.94 bits per heavy atom. The van der Waals surface area contributed by atoms with Crippen LogP contribution in [0.2, 0.25) is 0 Å². The van der Waals surface area contributed by atoms with Crippen LogP contribution in [0.3, 0.4) is 0 Å². The van der Waals surface area contributed by atoms with Gasteiger partial charge in [-0.05, 0) is 56.0 Å². The van der Waals surface area contributed by atoms with Gasteiger partial charge in [-0.2, -0.15) is 0 Å². The standard InChI is InChI=1S/C26H28N4O3/c1-18-22(26(32)29-20-10-4-3-5-11-20)17-27-25(28-18)23-13-6-7-14-30(23)24(31)16-19-9-8-12-21(15-19)33-2/h3-5,8-12,15,17,23H,6-7,13-14,16H2,1-2H3,(H,29,32). The summed E-state index contributed by atoms with van der Waals surface area (Å²) in [5.41, 5.74) is 2.65. The third-order valence-corrected chi connectivity index (χ3v) is 5.88. The van der Waals surface area contributed by atoms with E-state index >= 15 is 0 Å². The first kappa shape index (κ1) is 22.5. The lowest BCUT2D eigenvalue weighted by Crippen LogP contribution is -2.40. The number of piperidine rings is 1. The molecule has 2 amide bonds. The minimum atomic E-state index is -0.250. The van der Waals surface area contributed by atoms with Crippen LogP contribution in [-0.4, -0.2) is 40.3 Å². The maximum atomic E-state index is 13.2. The van der Waals surface area contributed by atoms with Crippen molar-refractivity contribution in [1.82, 2.24) is 14.9 Å². The fraction of sp³-hybridized carbons (Fsp3) is 0.308. The van der Waals surface area contributed by atoms with Crippen molar-refractivity contribution in [2.75, 3.05) is 19.0 Å². The Hall–Kier alpha value is -3.74. The van der Waals surface area contributed by atoms with E-state index in [4.69, 9.17) is 4.74 Å². The monoisotopic (exact) mass is 444 g/mol. The topological polar surface area (TPSA) is 84.4 Å². The molecule has 1 saturated heterocycles. The lowest BCUT2D eigenvalue weighted by Gasteiger charge is -2.35. The number of hydrogen-bond acceptors (Lipinski definition) is 5. The number of carbonyl (C=O) groups excluding carboxylic acids is 2. The third-order valence-electron chi connectivity index (χ3n) is 5.88. The van der Waals surface area contributed by atoms with Crippen LogP contribution in [0.1, 0.15) is 52.7 Å². The van der Waals surface area contributed by atoms with E-state index in [0.29, 0.717) is 35.7 Å². The third kappa shape index (κ3) is 5.37. The molecule has 0 spiro atoms. The van der Waals surface area contributed by atoms with Gasteiger partial charge in [0.2, 0.25) is 5.91 Å². The molecule has 3 aromatic rings. The summed E-state index contributed by atoms with van der Waals surface area (Å²) in [6, 6.07) is 16.7. The molecule has 1 aromatic heterocycles. The zero-order valence-corrected chi connectivity index (χ0v) is 19.0. The number of nitrogens with one attached hydrogen (secondary N) is 1. The maximum Gasteiger partial charge on any atom is 0.259 e. The molecular formula is C26H28N4O3. The normalized spacial score (nSPS) is 15.7. The number of methoxy groups -OCH3 is 1. The Kier molecular flexibility index (Phi) is 6.98. The number of aryl methyl sites for hydroxylation is 1. The molecule has 0 saturated carbocycles. The van der Waals surface area contributed by atoms with Gasteiger partial charge in [0.1, 0.15) is 5.75 Å². The number of amides is 2. The molecule has 1 aliphatic heterocycles. The van der Waals surface area contributed by atoms with Crippen LogP contribution in [0, 0.1) is 6.92 Å². The molecule has 7 nitrogen and oxygen atoms in total. The summed E-state index contributed by atoms with van der Waals surface area (Å²) < 4.78 is 5.28. The number of anilines is 1. The van der Waals surface area contributed by atoms with Crippen LogP contribution in [0.4, 0.5) is 5.69 Å². The second-order valence-corrected chi connectivity index (χ2v) is 8.17. The Morgan fingerprint density at radius 3 is 2.70 bits per heavy atom. The second kappa shape index (κ2) is 10.3. The molecule has 0 bridgehead atoms. The number of nitrogens with zero attached hydrogens (tertiary/aromatic N) is 3. The number of ether oxygens (including phenoxy) is 1. The minimum Gasteiger partial charge on any atom is -0.497 e. The van der Waals surface area contributed by atoms with Gasteiger partial charge in [-0.1, -0.05) is 30.3 Å². The first-order chi connectivity index (χ1) is 16.0. The summed E-state index contributed by atoms with van der Waals surface area (Å²) in [5, 5.41) is 2.87. The van der Waals surface area contributed by atoms with Crippen molar-refractivity contribution in [3.05, 3.63) is 83.4 Å². The second-order valence-electron chi connectivity index (χ2n) is 8.17. The van der Waals surface area contributed by atoms with Gasteiger partial charge in [-0.25, -0.2) is 9.97 Å². The molecule has 1 N–H and O–H groups in total. The summed E-state index contributed by atoms with van der Waals surface area (Å²) in [6.07, 6.45) is 4.63. The molecule has 0 radical (unpaired) electrons. The summed E-state index contributed by atoms with van der Waals surface area (Å²) in [7, 11) is 1.62. The Labute approximate surface area is 193 Å². The first-order valence-corrected chi connectivity index (χ1v) is 11.2. The molecule has 33 heavy (non-hydrogen) atoms.